The highest BCUT2D eigenvalue weighted by Gasteiger charge is 2.43. The van der Waals surface area contributed by atoms with Gasteiger partial charge in [-0.3, -0.25) is 9.98 Å². The number of nitrogens with one attached hydrogen (secondary N) is 1. The summed E-state index contributed by atoms with van der Waals surface area (Å²) in [5.74, 6) is 5.51. The minimum absolute atomic E-state index is 0.0412. The van der Waals surface area contributed by atoms with Crippen LogP contribution in [0.4, 0.5) is 0 Å². The van der Waals surface area contributed by atoms with Crippen LogP contribution in [0, 0.1) is 5.41 Å². The lowest BCUT2D eigenvalue weighted by atomic mass is 10.1. The predicted octanol–water partition coefficient (Wildman–Crippen LogP) is -2.96. The van der Waals surface area contributed by atoms with E-state index in [1.54, 1.807) is 0 Å². The molecule has 0 unspecified atom stereocenters. The van der Waals surface area contributed by atoms with E-state index in [-0.39, 0.29) is 11.0 Å². The third-order valence-electron chi connectivity index (χ3n) is 3.35. The maximum atomic E-state index is 9.97. The first-order chi connectivity index (χ1) is 9.54. The van der Waals surface area contributed by atoms with Gasteiger partial charge in [-0.05, 0) is 0 Å². The summed E-state index contributed by atoms with van der Waals surface area (Å²) in [6, 6.07) is 0. The van der Waals surface area contributed by atoms with Crippen LogP contribution >= 0.6 is 0 Å². The van der Waals surface area contributed by atoms with Gasteiger partial charge in [-0.2, -0.15) is 0 Å². The Bertz CT molecular complexity index is 697. The molecule has 10 heteroatoms. The number of nitrogens with two attached hydrogens (primary N) is 1. The van der Waals surface area contributed by atoms with Crippen molar-refractivity contribution < 1.29 is 20.1 Å². The second-order valence-corrected chi connectivity index (χ2v) is 4.55. The summed E-state index contributed by atoms with van der Waals surface area (Å²) in [5, 5.41) is 36.6. The zero-order chi connectivity index (χ0) is 14.4. The van der Waals surface area contributed by atoms with E-state index < -0.39 is 31.1 Å². The van der Waals surface area contributed by atoms with Gasteiger partial charge in [0.2, 0.25) is 0 Å². The van der Waals surface area contributed by atoms with Gasteiger partial charge in [0.15, 0.2) is 22.9 Å². The SMILES string of the molecule is N=c1c2ncn([C@@H]3O[C@H](CO)[C@H](O)[C@H]3O)c2ncn1N. The molecule has 3 rings (SSSR count). The number of fused-ring (bicyclic) bond motifs is 1. The lowest BCUT2D eigenvalue weighted by Gasteiger charge is -2.16. The average Bonchev–Trinajstić information content (AvgIpc) is 2.98. The fourth-order valence-corrected chi connectivity index (χ4v) is 2.24. The van der Waals surface area contributed by atoms with Crippen LogP contribution in [0.1, 0.15) is 6.23 Å². The Kier molecular flexibility index (Phi) is 2.94. The summed E-state index contributed by atoms with van der Waals surface area (Å²) in [6.07, 6.45) is -1.68. The van der Waals surface area contributed by atoms with E-state index >= 15 is 0 Å². The first kappa shape index (κ1) is 13.0. The zero-order valence-corrected chi connectivity index (χ0v) is 10.3. The van der Waals surface area contributed by atoms with E-state index in [0.717, 1.165) is 4.68 Å². The molecule has 0 aliphatic carbocycles. The maximum absolute atomic E-state index is 9.97. The Labute approximate surface area is 112 Å². The van der Waals surface area contributed by atoms with Crippen molar-refractivity contribution >= 4 is 11.2 Å². The molecule has 3 heterocycles. The molecule has 1 fully saturated rings. The number of ether oxygens (including phenoxy) is 1. The topological polar surface area (TPSA) is 155 Å². The Morgan fingerprint density at radius 1 is 1.30 bits per heavy atom. The largest absolute Gasteiger partial charge is 0.394 e. The van der Waals surface area contributed by atoms with E-state index in [4.69, 9.17) is 21.1 Å². The van der Waals surface area contributed by atoms with E-state index in [2.05, 4.69) is 9.97 Å². The quantitative estimate of drug-likeness (QED) is 0.368. The van der Waals surface area contributed by atoms with Crippen LogP contribution in [0.3, 0.4) is 0 Å². The number of nitrogen functional groups attached to an aromatic ring is 1. The first-order valence-electron chi connectivity index (χ1n) is 5.91. The molecule has 108 valence electrons. The monoisotopic (exact) mass is 282 g/mol. The van der Waals surface area contributed by atoms with Gasteiger partial charge in [0.1, 0.15) is 24.6 Å². The molecule has 1 aliphatic heterocycles. The van der Waals surface area contributed by atoms with Gasteiger partial charge in [-0.15, -0.1) is 0 Å². The minimum Gasteiger partial charge on any atom is -0.394 e. The highest BCUT2D eigenvalue weighted by atomic mass is 16.6. The first-order valence-corrected chi connectivity index (χ1v) is 5.91. The summed E-state index contributed by atoms with van der Waals surface area (Å²) < 4.78 is 7.80. The van der Waals surface area contributed by atoms with Crippen molar-refractivity contribution in [1.82, 2.24) is 19.2 Å². The molecule has 0 spiro atoms. The molecule has 1 aliphatic rings. The normalized spacial score (nSPS) is 30.1. The number of aliphatic hydroxyl groups is 3. The van der Waals surface area contributed by atoms with Crippen LogP contribution in [0.25, 0.3) is 11.2 Å². The third kappa shape index (κ3) is 1.70. The number of aliphatic hydroxyl groups excluding tert-OH is 3. The van der Waals surface area contributed by atoms with Crippen LogP contribution in [0.5, 0.6) is 0 Å². The van der Waals surface area contributed by atoms with Gasteiger partial charge in [0.05, 0.1) is 12.9 Å². The Hall–Kier alpha value is -2.01. The second-order valence-electron chi connectivity index (χ2n) is 4.55. The molecule has 0 radical (unpaired) electrons. The Morgan fingerprint density at radius 2 is 2.05 bits per heavy atom. The number of hydrogen-bond donors (Lipinski definition) is 5. The predicted molar refractivity (Wildman–Crippen MR) is 64.5 cm³/mol. The molecular weight excluding hydrogens is 268 g/mol. The lowest BCUT2D eigenvalue weighted by molar-refractivity contribution is -0.0511. The molecule has 20 heavy (non-hydrogen) atoms. The third-order valence-corrected chi connectivity index (χ3v) is 3.35. The zero-order valence-electron chi connectivity index (χ0n) is 10.3. The molecule has 1 saturated heterocycles. The van der Waals surface area contributed by atoms with Crippen molar-refractivity contribution in [3.8, 4) is 0 Å². The molecule has 0 saturated carbocycles. The lowest BCUT2D eigenvalue weighted by Crippen LogP contribution is -2.33. The molecule has 10 nitrogen and oxygen atoms in total. The number of nitrogens with zero attached hydrogens (tertiary/aromatic N) is 4. The summed E-state index contributed by atoms with van der Waals surface area (Å²) in [4.78, 5) is 8.05. The Balaban J connectivity index is 2.08. The fourth-order valence-electron chi connectivity index (χ4n) is 2.24. The standard InChI is InChI=1S/C10H14N6O4/c11-8-5-9(14-3-16(8)12)15(2-13-5)10-7(19)6(18)4(1-17)20-10/h2-4,6-7,10-11,17-19H,1,12H2/t4-,6+,7-,10-/m1/s1. The summed E-state index contributed by atoms with van der Waals surface area (Å²) in [7, 11) is 0. The van der Waals surface area contributed by atoms with Crippen molar-refractivity contribution in [2.45, 2.75) is 24.5 Å². The van der Waals surface area contributed by atoms with Crippen molar-refractivity contribution in [2.75, 3.05) is 12.4 Å². The number of imidazole rings is 1. The highest BCUT2D eigenvalue weighted by Crippen LogP contribution is 2.30. The van der Waals surface area contributed by atoms with Crippen molar-refractivity contribution in [3.63, 3.8) is 0 Å². The van der Waals surface area contributed by atoms with E-state index in [9.17, 15) is 10.2 Å². The summed E-state index contributed by atoms with van der Waals surface area (Å²) in [6.45, 7) is -0.415. The van der Waals surface area contributed by atoms with Crippen LogP contribution in [0.2, 0.25) is 0 Å². The van der Waals surface area contributed by atoms with Gasteiger partial charge in [-0.25, -0.2) is 14.6 Å². The second kappa shape index (κ2) is 4.52. The minimum atomic E-state index is -1.23. The van der Waals surface area contributed by atoms with E-state index in [0.29, 0.717) is 5.65 Å². The number of aromatic nitrogens is 4. The van der Waals surface area contributed by atoms with Gasteiger partial charge in [0.25, 0.3) is 0 Å². The smallest absolute Gasteiger partial charge is 0.175 e. The summed E-state index contributed by atoms with van der Waals surface area (Å²) >= 11 is 0. The van der Waals surface area contributed by atoms with Gasteiger partial charge in [0, 0.05) is 0 Å². The average molecular weight is 282 g/mol. The van der Waals surface area contributed by atoms with Gasteiger partial charge in [-0.1, -0.05) is 0 Å². The van der Waals surface area contributed by atoms with Gasteiger partial charge >= 0.3 is 0 Å². The van der Waals surface area contributed by atoms with Crippen molar-refractivity contribution in [1.29, 1.82) is 5.41 Å². The van der Waals surface area contributed by atoms with Crippen molar-refractivity contribution in [3.05, 3.63) is 18.1 Å². The number of hydrogen-bond acceptors (Lipinski definition) is 8. The van der Waals surface area contributed by atoms with Gasteiger partial charge < -0.3 is 25.9 Å². The van der Waals surface area contributed by atoms with Crippen LogP contribution in [-0.2, 0) is 4.74 Å². The molecule has 4 atom stereocenters. The van der Waals surface area contributed by atoms with Crippen LogP contribution in [-0.4, -0.2) is 59.4 Å². The molecule has 6 N–H and O–H groups in total. The Morgan fingerprint density at radius 3 is 2.70 bits per heavy atom. The van der Waals surface area contributed by atoms with Crippen LogP contribution in [0.15, 0.2) is 12.7 Å². The maximum Gasteiger partial charge on any atom is 0.175 e. The molecule has 0 bridgehead atoms. The number of rotatable bonds is 2. The fraction of sp³-hybridized carbons (Fsp3) is 0.500. The molecule has 0 amide bonds. The molecule has 0 aromatic carbocycles. The molecular formula is C10H14N6O4. The van der Waals surface area contributed by atoms with E-state index in [1.165, 1.54) is 17.2 Å². The molecule has 2 aromatic rings. The highest BCUT2D eigenvalue weighted by molar-refractivity contribution is 5.68. The van der Waals surface area contributed by atoms with Crippen LogP contribution < -0.4 is 11.3 Å². The molecule has 2 aromatic heterocycles. The van der Waals surface area contributed by atoms with E-state index in [1.807, 2.05) is 0 Å². The summed E-state index contributed by atoms with van der Waals surface area (Å²) in [5.41, 5.74) is 0.500. The van der Waals surface area contributed by atoms with Crippen molar-refractivity contribution in [2.24, 2.45) is 0 Å².